The van der Waals surface area contributed by atoms with E-state index in [1.54, 1.807) is 19.1 Å². The summed E-state index contributed by atoms with van der Waals surface area (Å²) in [5, 5.41) is 13.5. The van der Waals surface area contributed by atoms with Crippen LogP contribution in [0.3, 0.4) is 0 Å². The number of anilines is 2. The maximum atomic E-state index is 11.3. The molecule has 2 aromatic rings. The molecule has 0 fully saturated rings. The second kappa shape index (κ2) is 5.07. The molecule has 0 radical (unpaired) electrons. The molecule has 0 spiro atoms. The first-order valence-corrected chi connectivity index (χ1v) is 5.62. The summed E-state index contributed by atoms with van der Waals surface area (Å²) in [6, 6.07) is 4.59. The van der Waals surface area contributed by atoms with E-state index in [0.717, 1.165) is 0 Å². The van der Waals surface area contributed by atoms with Crippen molar-refractivity contribution in [2.45, 2.75) is 6.92 Å². The number of nitrogens with zero attached hydrogens (tertiary/aromatic N) is 2. The highest BCUT2D eigenvalue weighted by Gasteiger charge is 2.12. The summed E-state index contributed by atoms with van der Waals surface area (Å²) < 4.78 is 0. The molecule has 2 N–H and O–H groups in total. The zero-order chi connectivity index (χ0) is 14.0. The maximum absolute atomic E-state index is 11.3. The van der Waals surface area contributed by atoms with Crippen molar-refractivity contribution in [3.8, 4) is 0 Å². The second-order valence-corrected chi connectivity index (χ2v) is 4.16. The van der Waals surface area contributed by atoms with Crippen LogP contribution in [0, 0.1) is 17.0 Å². The lowest BCUT2D eigenvalue weighted by molar-refractivity contribution is -0.385. The lowest BCUT2D eigenvalue weighted by Crippen LogP contribution is -2.09. The summed E-state index contributed by atoms with van der Waals surface area (Å²) in [7, 11) is 0. The number of benzene rings is 1. The van der Waals surface area contributed by atoms with Crippen molar-refractivity contribution in [3.05, 3.63) is 55.6 Å². The Morgan fingerprint density at radius 1 is 1.47 bits per heavy atom. The molecule has 2 rings (SSSR count). The molecular weight excluding hydrogens is 272 g/mol. The molecule has 1 aromatic heterocycles. The predicted octanol–water partition coefficient (Wildman–Crippen LogP) is 2.38. The van der Waals surface area contributed by atoms with Crippen LogP contribution in [0.25, 0.3) is 0 Å². The van der Waals surface area contributed by atoms with E-state index in [-0.39, 0.29) is 16.5 Å². The molecule has 0 bridgehead atoms. The average Bonchev–Trinajstić information content (AvgIpc) is 2.37. The van der Waals surface area contributed by atoms with E-state index in [2.05, 4.69) is 15.3 Å². The highest BCUT2D eigenvalue weighted by atomic mass is 35.5. The normalized spacial score (nSPS) is 10.2. The molecule has 0 atom stereocenters. The van der Waals surface area contributed by atoms with Gasteiger partial charge in [0.1, 0.15) is 5.02 Å². The molecule has 0 saturated carbocycles. The lowest BCUT2D eigenvalue weighted by Gasteiger charge is -2.07. The van der Waals surface area contributed by atoms with Crippen molar-refractivity contribution in [3.63, 3.8) is 0 Å². The topological polar surface area (TPSA) is 101 Å². The van der Waals surface area contributed by atoms with Gasteiger partial charge in [0.25, 0.3) is 11.2 Å². The Hall–Kier alpha value is -2.41. The molecule has 0 unspecified atom stereocenters. The average molecular weight is 281 g/mol. The smallest absolute Gasteiger partial charge is 0.274 e. The minimum atomic E-state index is -0.485. The minimum absolute atomic E-state index is 0.0223. The number of rotatable bonds is 3. The van der Waals surface area contributed by atoms with Crippen molar-refractivity contribution < 1.29 is 4.92 Å². The number of hydrogen-bond acceptors (Lipinski definition) is 5. The first kappa shape index (κ1) is 13.0. The summed E-state index contributed by atoms with van der Waals surface area (Å²) in [6.07, 6.45) is 1.19. The van der Waals surface area contributed by atoms with E-state index in [1.807, 2.05) is 0 Å². The number of aromatic amines is 1. The summed E-state index contributed by atoms with van der Waals surface area (Å²) >= 11 is 5.77. The second-order valence-electron chi connectivity index (χ2n) is 3.78. The number of aryl methyl sites for hydroxylation is 1. The summed E-state index contributed by atoms with van der Waals surface area (Å²) in [5.74, 6) is 0.142. The van der Waals surface area contributed by atoms with Gasteiger partial charge >= 0.3 is 0 Å². The SMILES string of the molecule is Cc1ccc(Nc2nc[nH]c(=O)c2Cl)cc1[N+](=O)[O-]. The largest absolute Gasteiger partial charge is 0.339 e. The van der Waals surface area contributed by atoms with Crippen molar-refractivity contribution in [1.29, 1.82) is 0 Å². The third-order valence-corrected chi connectivity index (χ3v) is 2.82. The van der Waals surface area contributed by atoms with Gasteiger partial charge in [0, 0.05) is 17.3 Å². The summed E-state index contributed by atoms with van der Waals surface area (Å²) in [5.41, 5.74) is 0.463. The number of hydrogen-bond donors (Lipinski definition) is 2. The fourth-order valence-electron chi connectivity index (χ4n) is 1.49. The van der Waals surface area contributed by atoms with Crippen LogP contribution in [0.15, 0.2) is 29.3 Å². The molecule has 7 nitrogen and oxygen atoms in total. The van der Waals surface area contributed by atoms with Gasteiger partial charge in [0.05, 0.1) is 11.3 Å². The van der Waals surface area contributed by atoms with Crippen LogP contribution in [-0.2, 0) is 0 Å². The molecule has 1 aromatic carbocycles. The quantitative estimate of drug-likeness (QED) is 0.664. The number of nitro groups is 1. The van der Waals surface area contributed by atoms with Crippen LogP contribution in [0.1, 0.15) is 5.56 Å². The van der Waals surface area contributed by atoms with Crippen molar-refractivity contribution >= 4 is 28.8 Å². The molecule has 0 aliphatic carbocycles. The summed E-state index contributed by atoms with van der Waals surface area (Å²) in [4.78, 5) is 27.8. The van der Waals surface area contributed by atoms with Gasteiger partial charge in [-0.2, -0.15) is 0 Å². The van der Waals surface area contributed by atoms with Crippen molar-refractivity contribution in [2.75, 3.05) is 5.32 Å². The Labute approximate surface area is 112 Å². The number of nitrogens with one attached hydrogen (secondary N) is 2. The zero-order valence-corrected chi connectivity index (χ0v) is 10.6. The zero-order valence-electron chi connectivity index (χ0n) is 9.81. The van der Waals surface area contributed by atoms with Gasteiger partial charge in [0.2, 0.25) is 0 Å². The number of nitro benzene ring substituents is 1. The van der Waals surface area contributed by atoms with Gasteiger partial charge in [-0.15, -0.1) is 0 Å². The summed E-state index contributed by atoms with van der Waals surface area (Å²) in [6.45, 7) is 1.64. The molecule has 0 amide bonds. The standard InChI is InChI=1S/C11H9ClN4O3/c1-6-2-3-7(4-8(6)16(18)19)15-10-9(12)11(17)14-5-13-10/h2-5H,1H3,(H2,13,14,15,17). The van der Waals surface area contributed by atoms with Crippen LogP contribution >= 0.6 is 11.6 Å². The van der Waals surface area contributed by atoms with E-state index >= 15 is 0 Å². The van der Waals surface area contributed by atoms with Crippen LogP contribution < -0.4 is 10.9 Å². The van der Waals surface area contributed by atoms with Crippen LogP contribution in [0.2, 0.25) is 5.02 Å². The van der Waals surface area contributed by atoms with Crippen molar-refractivity contribution in [2.24, 2.45) is 0 Å². The van der Waals surface area contributed by atoms with Gasteiger partial charge in [-0.25, -0.2) is 4.98 Å². The van der Waals surface area contributed by atoms with Gasteiger partial charge in [0.15, 0.2) is 5.82 Å². The molecule has 0 saturated heterocycles. The Morgan fingerprint density at radius 2 is 2.21 bits per heavy atom. The molecule has 19 heavy (non-hydrogen) atoms. The van der Waals surface area contributed by atoms with Gasteiger partial charge in [-0.3, -0.25) is 14.9 Å². The van der Waals surface area contributed by atoms with Gasteiger partial charge < -0.3 is 10.3 Å². The maximum Gasteiger partial charge on any atom is 0.274 e. The Balaban J connectivity index is 2.39. The van der Waals surface area contributed by atoms with Gasteiger partial charge in [-0.1, -0.05) is 17.7 Å². The third-order valence-electron chi connectivity index (χ3n) is 2.47. The molecular formula is C11H9ClN4O3. The monoisotopic (exact) mass is 280 g/mol. The first-order valence-electron chi connectivity index (χ1n) is 5.24. The van der Waals surface area contributed by atoms with Crippen LogP contribution in [0.5, 0.6) is 0 Å². The van der Waals surface area contributed by atoms with E-state index < -0.39 is 10.5 Å². The van der Waals surface area contributed by atoms with Crippen molar-refractivity contribution in [1.82, 2.24) is 9.97 Å². The molecule has 98 valence electrons. The van der Waals surface area contributed by atoms with Crippen LogP contribution in [0.4, 0.5) is 17.2 Å². The Morgan fingerprint density at radius 3 is 2.89 bits per heavy atom. The molecule has 1 heterocycles. The van der Waals surface area contributed by atoms with E-state index in [1.165, 1.54) is 12.4 Å². The molecule has 8 heteroatoms. The molecule has 0 aliphatic rings. The number of H-pyrrole nitrogens is 1. The highest BCUT2D eigenvalue weighted by Crippen LogP contribution is 2.25. The fourth-order valence-corrected chi connectivity index (χ4v) is 1.64. The third kappa shape index (κ3) is 2.71. The Bertz CT molecular complexity index is 699. The predicted molar refractivity (Wildman–Crippen MR) is 71.0 cm³/mol. The minimum Gasteiger partial charge on any atom is -0.339 e. The molecule has 0 aliphatic heterocycles. The van der Waals surface area contributed by atoms with E-state index in [0.29, 0.717) is 11.3 Å². The number of aromatic nitrogens is 2. The first-order chi connectivity index (χ1) is 8.99. The lowest BCUT2D eigenvalue weighted by atomic mass is 10.2. The van der Waals surface area contributed by atoms with E-state index in [4.69, 9.17) is 11.6 Å². The van der Waals surface area contributed by atoms with E-state index in [9.17, 15) is 14.9 Å². The highest BCUT2D eigenvalue weighted by molar-refractivity contribution is 6.32. The number of halogens is 1. The fraction of sp³-hybridized carbons (Fsp3) is 0.0909. The van der Waals surface area contributed by atoms with Gasteiger partial charge in [-0.05, 0) is 13.0 Å². The van der Waals surface area contributed by atoms with Crippen LogP contribution in [-0.4, -0.2) is 14.9 Å². The Kier molecular flexibility index (Phi) is 3.48.